The Bertz CT molecular complexity index is 569. The van der Waals surface area contributed by atoms with E-state index in [4.69, 9.17) is 11.6 Å². The predicted molar refractivity (Wildman–Crippen MR) is 66.0 cm³/mol. The Morgan fingerprint density at radius 2 is 2.29 bits per heavy atom. The number of ketones is 1. The molecule has 17 heavy (non-hydrogen) atoms. The highest BCUT2D eigenvalue weighted by molar-refractivity contribution is 9.10. The molecule has 0 aliphatic heterocycles. The summed E-state index contributed by atoms with van der Waals surface area (Å²) >= 11 is 9.27. The predicted octanol–water partition coefficient (Wildman–Crippen LogP) is 2.05. The average molecular weight is 316 g/mol. The quantitative estimate of drug-likeness (QED) is 0.813. The summed E-state index contributed by atoms with van der Waals surface area (Å²) < 4.78 is 0.830. The molecule has 88 valence electrons. The van der Waals surface area contributed by atoms with E-state index in [1.54, 1.807) is 25.2 Å². The van der Waals surface area contributed by atoms with Gasteiger partial charge in [0, 0.05) is 10.0 Å². The molecule has 1 aromatic carbocycles. The normalized spacial score (nSPS) is 10.5. The minimum absolute atomic E-state index is 0.0925. The Morgan fingerprint density at radius 3 is 2.88 bits per heavy atom. The van der Waals surface area contributed by atoms with Gasteiger partial charge in [-0.1, -0.05) is 27.5 Å². The zero-order valence-electron chi connectivity index (χ0n) is 8.89. The van der Waals surface area contributed by atoms with Gasteiger partial charge < -0.3 is 0 Å². The van der Waals surface area contributed by atoms with Gasteiger partial charge in [-0.05, 0) is 23.4 Å². The molecular weight excluding hydrogens is 307 g/mol. The smallest absolute Gasteiger partial charge is 0.182 e. The standard InChI is InChI=1S/C10H8BrClN4O/c1-16-14-10(13-15-16)5-9(17)7-3-2-6(11)4-8(7)12/h2-4H,5H2,1H3. The number of tetrazole rings is 1. The van der Waals surface area contributed by atoms with E-state index in [2.05, 4.69) is 31.3 Å². The van der Waals surface area contributed by atoms with Crippen molar-refractivity contribution in [1.29, 1.82) is 0 Å². The topological polar surface area (TPSA) is 60.7 Å². The summed E-state index contributed by atoms with van der Waals surface area (Å²) in [6.07, 6.45) is 0.0925. The Kier molecular flexibility index (Phi) is 3.54. The van der Waals surface area contributed by atoms with Gasteiger partial charge in [-0.2, -0.15) is 4.80 Å². The summed E-state index contributed by atoms with van der Waals surface area (Å²) in [5.41, 5.74) is 0.460. The van der Waals surface area contributed by atoms with Crippen LogP contribution in [-0.2, 0) is 13.5 Å². The van der Waals surface area contributed by atoms with Crippen LogP contribution < -0.4 is 0 Å². The number of hydrogen-bond acceptors (Lipinski definition) is 4. The van der Waals surface area contributed by atoms with E-state index >= 15 is 0 Å². The molecule has 0 spiro atoms. The van der Waals surface area contributed by atoms with Crippen LogP contribution in [0.15, 0.2) is 22.7 Å². The Labute approximate surface area is 111 Å². The third kappa shape index (κ3) is 2.89. The summed E-state index contributed by atoms with van der Waals surface area (Å²) in [5, 5.41) is 11.8. The van der Waals surface area contributed by atoms with E-state index in [-0.39, 0.29) is 12.2 Å². The maximum atomic E-state index is 11.9. The van der Waals surface area contributed by atoms with Crippen molar-refractivity contribution in [1.82, 2.24) is 20.2 Å². The highest BCUT2D eigenvalue weighted by atomic mass is 79.9. The molecule has 0 saturated carbocycles. The fourth-order valence-corrected chi connectivity index (χ4v) is 2.13. The number of aromatic nitrogens is 4. The van der Waals surface area contributed by atoms with Crippen molar-refractivity contribution in [2.75, 3.05) is 0 Å². The van der Waals surface area contributed by atoms with Crippen molar-refractivity contribution < 1.29 is 4.79 Å². The van der Waals surface area contributed by atoms with Gasteiger partial charge in [0.25, 0.3) is 0 Å². The minimum atomic E-state index is -0.129. The van der Waals surface area contributed by atoms with E-state index in [0.29, 0.717) is 16.4 Å². The van der Waals surface area contributed by atoms with Gasteiger partial charge in [0.15, 0.2) is 11.6 Å². The van der Waals surface area contributed by atoms with Crippen LogP contribution in [0.3, 0.4) is 0 Å². The number of hydrogen-bond donors (Lipinski definition) is 0. The minimum Gasteiger partial charge on any atom is -0.294 e. The molecule has 7 heteroatoms. The first-order valence-corrected chi connectivity index (χ1v) is 5.94. The number of halogens is 2. The number of rotatable bonds is 3. The van der Waals surface area contributed by atoms with Gasteiger partial charge in [0.1, 0.15) is 0 Å². The highest BCUT2D eigenvalue weighted by Gasteiger charge is 2.14. The van der Waals surface area contributed by atoms with Crippen molar-refractivity contribution in [2.24, 2.45) is 7.05 Å². The second-order valence-electron chi connectivity index (χ2n) is 3.42. The zero-order valence-corrected chi connectivity index (χ0v) is 11.2. The van der Waals surface area contributed by atoms with Crippen molar-refractivity contribution >= 4 is 33.3 Å². The molecule has 0 atom stereocenters. The van der Waals surface area contributed by atoms with E-state index < -0.39 is 0 Å². The van der Waals surface area contributed by atoms with Crippen LogP contribution in [0.25, 0.3) is 0 Å². The third-order valence-corrected chi connectivity index (χ3v) is 2.91. The summed E-state index contributed by atoms with van der Waals surface area (Å²) in [5.74, 6) is 0.256. The number of aryl methyl sites for hydroxylation is 1. The molecule has 0 amide bonds. The Hall–Kier alpha value is -1.27. The largest absolute Gasteiger partial charge is 0.294 e. The van der Waals surface area contributed by atoms with Gasteiger partial charge in [-0.15, -0.1) is 10.2 Å². The lowest BCUT2D eigenvalue weighted by Gasteiger charge is -2.01. The number of nitrogens with zero attached hydrogens (tertiary/aromatic N) is 4. The van der Waals surface area contributed by atoms with E-state index in [1.165, 1.54) is 4.80 Å². The molecule has 0 unspecified atom stereocenters. The summed E-state index contributed by atoms with van der Waals surface area (Å²) in [6, 6.07) is 5.12. The van der Waals surface area contributed by atoms with Crippen LogP contribution >= 0.6 is 27.5 Å². The van der Waals surface area contributed by atoms with Crippen LogP contribution in [-0.4, -0.2) is 26.0 Å². The maximum absolute atomic E-state index is 11.9. The first-order valence-electron chi connectivity index (χ1n) is 4.77. The van der Waals surface area contributed by atoms with Gasteiger partial charge in [-0.25, -0.2) is 0 Å². The first kappa shape index (κ1) is 12.2. The summed E-state index contributed by atoms with van der Waals surface area (Å²) in [6.45, 7) is 0. The van der Waals surface area contributed by atoms with Crippen LogP contribution in [0, 0.1) is 0 Å². The molecule has 2 rings (SSSR count). The molecule has 0 aliphatic rings. The van der Waals surface area contributed by atoms with Crippen molar-refractivity contribution in [3.8, 4) is 0 Å². The number of Topliss-reactive ketones (excluding diaryl/α,β-unsaturated/α-hetero) is 1. The molecule has 2 aromatic rings. The summed E-state index contributed by atoms with van der Waals surface area (Å²) in [7, 11) is 1.65. The average Bonchev–Trinajstić information content (AvgIpc) is 2.63. The lowest BCUT2D eigenvalue weighted by atomic mass is 10.1. The van der Waals surface area contributed by atoms with Crippen LogP contribution in [0.5, 0.6) is 0 Å². The molecule has 1 heterocycles. The molecule has 1 aromatic heterocycles. The van der Waals surface area contributed by atoms with Crippen molar-refractivity contribution in [2.45, 2.75) is 6.42 Å². The van der Waals surface area contributed by atoms with E-state index in [0.717, 1.165) is 4.47 Å². The fraction of sp³-hybridized carbons (Fsp3) is 0.200. The number of benzene rings is 1. The second-order valence-corrected chi connectivity index (χ2v) is 4.74. The molecule has 0 fully saturated rings. The molecule has 0 radical (unpaired) electrons. The SMILES string of the molecule is Cn1nnc(CC(=O)c2ccc(Br)cc2Cl)n1. The lowest BCUT2D eigenvalue weighted by molar-refractivity contribution is 0.0991. The van der Waals surface area contributed by atoms with Gasteiger partial charge in [-0.3, -0.25) is 4.79 Å². The van der Waals surface area contributed by atoms with E-state index in [9.17, 15) is 4.79 Å². The van der Waals surface area contributed by atoms with E-state index in [1.807, 2.05) is 0 Å². The highest BCUT2D eigenvalue weighted by Crippen LogP contribution is 2.22. The third-order valence-electron chi connectivity index (χ3n) is 2.10. The van der Waals surface area contributed by atoms with Crippen molar-refractivity contribution in [3.63, 3.8) is 0 Å². The molecule has 0 N–H and O–H groups in total. The Morgan fingerprint density at radius 1 is 1.53 bits per heavy atom. The lowest BCUT2D eigenvalue weighted by Crippen LogP contribution is -2.06. The first-order chi connectivity index (χ1) is 8.06. The molecular formula is C10H8BrClN4O. The second kappa shape index (κ2) is 4.93. The monoisotopic (exact) mass is 314 g/mol. The molecule has 0 bridgehead atoms. The number of carbonyl (C=O) groups is 1. The fourth-order valence-electron chi connectivity index (χ4n) is 1.35. The summed E-state index contributed by atoms with van der Waals surface area (Å²) in [4.78, 5) is 13.2. The number of carbonyl (C=O) groups excluding carboxylic acids is 1. The van der Waals surface area contributed by atoms with Gasteiger partial charge >= 0.3 is 0 Å². The van der Waals surface area contributed by atoms with Crippen LogP contribution in [0.4, 0.5) is 0 Å². The Balaban J connectivity index is 2.20. The van der Waals surface area contributed by atoms with Crippen molar-refractivity contribution in [3.05, 3.63) is 39.1 Å². The van der Waals surface area contributed by atoms with Crippen LogP contribution in [0.1, 0.15) is 16.2 Å². The molecule has 0 aliphatic carbocycles. The molecule has 5 nitrogen and oxygen atoms in total. The zero-order chi connectivity index (χ0) is 12.4. The maximum Gasteiger partial charge on any atom is 0.182 e. The van der Waals surface area contributed by atoms with Crippen LogP contribution in [0.2, 0.25) is 5.02 Å². The van der Waals surface area contributed by atoms with Gasteiger partial charge in [0.05, 0.1) is 18.5 Å². The van der Waals surface area contributed by atoms with Gasteiger partial charge in [0.2, 0.25) is 0 Å². The molecule has 0 saturated heterocycles.